The maximum absolute atomic E-state index is 5.44. The molecule has 1 heterocycles. The van der Waals surface area contributed by atoms with Gasteiger partial charge in [0.25, 0.3) is 0 Å². The smallest absolute Gasteiger partial charge is 0.161 e. The van der Waals surface area contributed by atoms with Crippen molar-refractivity contribution in [3.63, 3.8) is 0 Å². The van der Waals surface area contributed by atoms with Gasteiger partial charge in [0.2, 0.25) is 0 Å². The number of para-hydroxylation sites is 1. The number of methoxy groups -OCH3 is 2. The van der Waals surface area contributed by atoms with E-state index in [0.717, 1.165) is 26.4 Å². The maximum atomic E-state index is 5.44. The number of nitrogens with zero attached hydrogens (tertiary/aromatic N) is 2. The highest BCUT2D eigenvalue weighted by atomic mass is 32.2. The fourth-order valence-corrected chi connectivity index (χ4v) is 3.86. The van der Waals surface area contributed by atoms with E-state index in [1.165, 1.54) is 5.56 Å². The molecule has 4 aromatic rings. The Morgan fingerprint density at radius 1 is 0.786 bits per heavy atom. The molecule has 0 atom stereocenters. The second-order valence-corrected chi connectivity index (χ2v) is 7.42. The van der Waals surface area contributed by atoms with Crippen LogP contribution in [0.25, 0.3) is 22.3 Å². The van der Waals surface area contributed by atoms with Crippen molar-refractivity contribution in [2.24, 2.45) is 0 Å². The summed E-state index contributed by atoms with van der Waals surface area (Å²) in [6, 6.07) is 22.3. The second kappa shape index (κ2) is 7.90. The van der Waals surface area contributed by atoms with E-state index in [2.05, 4.69) is 37.3 Å². The number of benzene rings is 3. The molecule has 28 heavy (non-hydrogen) atoms. The van der Waals surface area contributed by atoms with Gasteiger partial charge in [-0.3, -0.25) is 0 Å². The monoisotopic (exact) mass is 388 g/mol. The van der Waals surface area contributed by atoms with E-state index in [1.54, 1.807) is 26.0 Å². The molecule has 0 aliphatic heterocycles. The molecular formula is C23H20N2O2S. The van der Waals surface area contributed by atoms with Gasteiger partial charge in [0.05, 0.1) is 19.7 Å². The van der Waals surface area contributed by atoms with Crippen molar-refractivity contribution in [2.45, 2.75) is 16.8 Å². The van der Waals surface area contributed by atoms with Crippen LogP contribution in [0.15, 0.2) is 76.7 Å². The summed E-state index contributed by atoms with van der Waals surface area (Å²) in [5, 5.41) is 1.97. The van der Waals surface area contributed by atoms with Gasteiger partial charge in [0.1, 0.15) is 5.03 Å². The van der Waals surface area contributed by atoms with Gasteiger partial charge in [-0.1, -0.05) is 47.7 Å². The summed E-state index contributed by atoms with van der Waals surface area (Å²) in [6.45, 7) is 2.09. The highest BCUT2D eigenvalue weighted by Crippen LogP contribution is 2.35. The molecule has 4 rings (SSSR count). The van der Waals surface area contributed by atoms with E-state index in [9.17, 15) is 0 Å². The molecule has 0 radical (unpaired) electrons. The Hall–Kier alpha value is -3.05. The minimum atomic E-state index is 0.657. The summed E-state index contributed by atoms with van der Waals surface area (Å²) in [7, 11) is 3.25. The van der Waals surface area contributed by atoms with Crippen LogP contribution in [0.5, 0.6) is 11.5 Å². The molecule has 0 fully saturated rings. The normalized spacial score (nSPS) is 10.8. The van der Waals surface area contributed by atoms with E-state index >= 15 is 0 Å². The molecule has 0 saturated carbocycles. The van der Waals surface area contributed by atoms with Crippen molar-refractivity contribution < 1.29 is 9.47 Å². The Balaban J connectivity index is 1.83. The summed E-state index contributed by atoms with van der Waals surface area (Å²) >= 11 is 1.65. The molecule has 0 bridgehead atoms. The number of aromatic nitrogens is 2. The van der Waals surface area contributed by atoms with Crippen LogP contribution >= 0.6 is 11.8 Å². The van der Waals surface area contributed by atoms with Crippen LogP contribution in [0.2, 0.25) is 0 Å². The summed E-state index contributed by atoms with van der Waals surface area (Å²) in [5.41, 5.74) is 3.04. The lowest BCUT2D eigenvalue weighted by Gasteiger charge is -2.11. The fraction of sp³-hybridized carbons (Fsp3) is 0.130. The summed E-state index contributed by atoms with van der Waals surface area (Å²) < 4.78 is 10.8. The van der Waals surface area contributed by atoms with E-state index in [0.29, 0.717) is 17.3 Å². The lowest BCUT2D eigenvalue weighted by molar-refractivity contribution is 0.355. The van der Waals surface area contributed by atoms with Crippen molar-refractivity contribution in [1.82, 2.24) is 9.97 Å². The van der Waals surface area contributed by atoms with Gasteiger partial charge in [-0.2, -0.15) is 0 Å². The van der Waals surface area contributed by atoms with Crippen molar-refractivity contribution in [3.05, 3.63) is 72.3 Å². The third-order valence-electron chi connectivity index (χ3n) is 4.45. The SMILES string of the molecule is COc1ccc(-c2nc(Sc3ccc(C)cc3)c3ccccc3n2)cc1OC. The van der Waals surface area contributed by atoms with Crippen LogP contribution in [0.4, 0.5) is 0 Å². The Kier molecular flexibility index (Phi) is 5.17. The number of ether oxygens (including phenoxy) is 2. The first-order valence-corrected chi connectivity index (χ1v) is 9.73. The molecule has 5 heteroatoms. The lowest BCUT2D eigenvalue weighted by atomic mass is 10.1. The summed E-state index contributed by atoms with van der Waals surface area (Å²) in [6.07, 6.45) is 0. The van der Waals surface area contributed by atoms with E-state index < -0.39 is 0 Å². The zero-order valence-electron chi connectivity index (χ0n) is 16.0. The number of fused-ring (bicyclic) bond motifs is 1. The average Bonchev–Trinajstić information content (AvgIpc) is 2.74. The number of aryl methyl sites for hydroxylation is 1. The topological polar surface area (TPSA) is 44.2 Å². The predicted octanol–water partition coefficient (Wildman–Crippen LogP) is 5.77. The first-order valence-electron chi connectivity index (χ1n) is 8.91. The van der Waals surface area contributed by atoms with Crippen LogP contribution in [-0.2, 0) is 0 Å². The minimum absolute atomic E-state index is 0.657. The van der Waals surface area contributed by atoms with Gasteiger partial charge in [0.15, 0.2) is 17.3 Å². The summed E-state index contributed by atoms with van der Waals surface area (Å²) in [5.74, 6) is 2.00. The van der Waals surface area contributed by atoms with Crippen molar-refractivity contribution in [2.75, 3.05) is 14.2 Å². The lowest BCUT2D eigenvalue weighted by Crippen LogP contribution is -1.96. The fourth-order valence-electron chi connectivity index (χ4n) is 2.95. The predicted molar refractivity (Wildman–Crippen MR) is 113 cm³/mol. The molecule has 0 unspecified atom stereocenters. The second-order valence-electron chi connectivity index (χ2n) is 6.35. The quantitative estimate of drug-likeness (QED) is 0.406. The third kappa shape index (κ3) is 3.66. The number of hydrogen-bond acceptors (Lipinski definition) is 5. The molecule has 0 spiro atoms. The maximum Gasteiger partial charge on any atom is 0.161 e. The van der Waals surface area contributed by atoms with E-state index in [1.807, 2.05) is 36.4 Å². The van der Waals surface area contributed by atoms with Gasteiger partial charge < -0.3 is 9.47 Å². The minimum Gasteiger partial charge on any atom is -0.493 e. The first kappa shape index (κ1) is 18.3. The largest absolute Gasteiger partial charge is 0.493 e. The zero-order chi connectivity index (χ0) is 19.5. The molecule has 3 aromatic carbocycles. The Morgan fingerprint density at radius 2 is 1.54 bits per heavy atom. The van der Waals surface area contributed by atoms with Crippen molar-refractivity contribution in [1.29, 1.82) is 0 Å². The molecule has 140 valence electrons. The zero-order valence-corrected chi connectivity index (χ0v) is 16.8. The number of hydrogen-bond donors (Lipinski definition) is 0. The van der Waals surface area contributed by atoms with E-state index in [4.69, 9.17) is 19.4 Å². The van der Waals surface area contributed by atoms with Crippen molar-refractivity contribution in [3.8, 4) is 22.9 Å². The van der Waals surface area contributed by atoms with Gasteiger partial charge in [-0.25, -0.2) is 9.97 Å². The van der Waals surface area contributed by atoms with Gasteiger partial charge >= 0.3 is 0 Å². The highest BCUT2D eigenvalue weighted by molar-refractivity contribution is 7.99. The third-order valence-corrected chi connectivity index (χ3v) is 5.46. The Morgan fingerprint density at radius 3 is 2.29 bits per heavy atom. The first-order chi connectivity index (χ1) is 13.7. The Bertz CT molecular complexity index is 1130. The molecule has 0 amide bonds. The van der Waals surface area contributed by atoms with E-state index in [-0.39, 0.29) is 0 Å². The van der Waals surface area contributed by atoms with Gasteiger partial charge in [-0.15, -0.1) is 0 Å². The van der Waals surface area contributed by atoms with Crippen LogP contribution in [0.3, 0.4) is 0 Å². The van der Waals surface area contributed by atoms with Gasteiger partial charge in [0, 0.05) is 15.8 Å². The van der Waals surface area contributed by atoms with Crippen LogP contribution in [0, 0.1) is 6.92 Å². The molecular weight excluding hydrogens is 368 g/mol. The molecule has 0 saturated heterocycles. The highest BCUT2D eigenvalue weighted by Gasteiger charge is 2.13. The summed E-state index contributed by atoms with van der Waals surface area (Å²) in [4.78, 5) is 10.8. The number of rotatable bonds is 5. The molecule has 1 aromatic heterocycles. The van der Waals surface area contributed by atoms with Crippen molar-refractivity contribution >= 4 is 22.7 Å². The molecule has 0 N–H and O–H groups in total. The molecule has 4 nitrogen and oxygen atoms in total. The van der Waals surface area contributed by atoms with Gasteiger partial charge in [-0.05, 0) is 43.3 Å². The van der Waals surface area contributed by atoms with Crippen LogP contribution in [0.1, 0.15) is 5.56 Å². The van der Waals surface area contributed by atoms with Crippen LogP contribution < -0.4 is 9.47 Å². The molecule has 0 aliphatic rings. The average molecular weight is 388 g/mol. The van der Waals surface area contributed by atoms with Crippen LogP contribution in [-0.4, -0.2) is 24.2 Å². The standard InChI is InChI=1S/C23H20N2O2S/c1-15-8-11-17(12-9-15)28-23-18-6-4-5-7-19(18)24-22(25-23)16-10-13-20(26-2)21(14-16)27-3/h4-14H,1-3H3. The molecule has 0 aliphatic carbocycles. The Labute approximate surface area is 168 Å².